The van der Waals surface area contributed by atoms with Gasteiger partial charge in [-0.05, 0) is 32.0 Å². The number of imidazole rings is 1. The molecule has 0 radical (unpaired) electrons. The number of amides is 1. The third-order valence-electron chi connectivity index (χ3n) is 5.00. The first-order valence-electron chi connectivity index (χ1n) is 8.49. The largest absolute Gasteiger partial charge is 0.310 e. The van der Waals surface area contributed by atoms with E-state index in [4.69, 9.17) is 0 Å². The van der Waals surface area contributed by atoms with Gasteiger partial charge < -0.3 is 4.57 Å². The highest BCUT2D eigenvalue weighted by atomic mass is 16.2. The number of hydrogen-bond donors (Lipinski definition) is 1. The number of carbonyl (C=O) groups excluding carboxylic acids is 1. The van der Waals surface area contributed by atoms with Crippen LogP contribution in [0.3, 0.4) is 0 Å². The molecule has 23 heavy (non-hydrogen) atoms. The molecule has 1 N–H and O–H groups in total. The minimum absolute atomic E-state index is 0.0589. The molecule has 2 bridgehead atoms. The molecule has 3 fully saturated rings. The van der Waals surface area contributed by atoms with Crippen molar-refractivity contribution in [3.8, 4) is 0 Å². The van der Waals surface area contributed by atoms with E-state index in [0.717, 1.165) is 56.7 Å². The Morgan fingerprint density at radius 3 is 3.00 bits per heavy atom. The molecule has 0 saturated carbocycles. The monoisotopic (exact) mass is 313 g/mol. The van der Waals surface area contributed by atoms with Crippen LogP contribution in [0.2, 0.25) is 0 Å². The minimum atomic E-state index is -0.0589. The fourth-order valence-electron chi connectivity index (χ4n) is 3.78. The number of nitrogens with one attached hydrogen (secondary N) is 1. The third kappa shape index (κ3) is 2.62. The van der Waals surface area contributed by atoms with E-state index in [-0.39, 0.29) is 11.9 Å². The normalized spacial score (nSPS) is 27.1. The van der Waals surface area contributed by atoms with Gasteiger partial charge in [0.15, 0.2) is 0 Å². The molecule has 2 aromatic rings. The van der Waals surface area contributed by atoms with Gasteiger partial charge in [0.05, 0.1) is 11.0 Å². The van der Waals surface area contributed by atoms with E-state index in [0.29, 0.717) is 5.95 Å². The molecule has 1 aromatic heterocycles. The SMILES string of the molecule is CCn1c(NC(=O)[C@@H]2CN3CCCN2CC3)nc2ccccc21. The molecule has 3 aliphatic rings. The lowest BCUT2D eigenvalue weighted by molar-refractivity contribution is -0.122. The van der Waals surface area contributed by atoms with E-state index in [2.05, 4.69) is 31.6 Å². The number of anilines is 1. The molecule has 3 atom stereocenters. The maximum absolute atomic E-state index is 12.8. The second-order valence-corrected chi connectivity index (χ2v) is 6.36. The Morgan fingerprint density at radius 2 is 2.13 bits per heavy atom. The van der Waals surface area contributed by atoms with Gasteiger partial charge >= 0.3 is 0 Å². The Labute approximate surface area is 136 Å². The van der Waals surface area contributed by atoms with Gasteiger partial charge in [0.25, 0.3) is 0 Å². The number of hydrogen-bond acceptors (Lipinski definition) is 4. The summed E-state index contributed by atoms with van der Waals surface area (Å²) in [5, 5.41) is 3.08. The maximum atomic E-state index is 12.8. The predicted octanol–water partition coefficient (Wildman–Crippen LogP) is 1.38. The molecule has 0 aliphatic carbocycles. The number of rotatable bonds is 3. The quantitative estimate of drug-likeness (QED) is 0.930. The van der Waals surface area contributed by atoms with Crippen LogP contribution < -0.4 is 5.32 Å². The first-order valence-corrected chi connectivity index (χ1v) is 8.49. The van der Waals surface area contributed by atoms with E-state index in [9.17, 15) is 4.79 Å². The Morgan fingerprint density at radius 1 is 1.26 bits per heavy atom. The van der Waals surface area contributed by atoms with Gasteiger partial charge in [-0.3, -0.25) is 19.9 Å². The fourth-order valence-corrected chi connectivity index (χ4v) is 3.78. The Balaban J connectivity index is 1.59. The molecule has 2 unspecified atom stereocenters. The molecular formula is C17H23N5O. The van der Waals surface area contributed by atoms with Gasteiger partial charge in [-0.15, -0.1) is 0 Å². The highest BCUT2D eigenvalue weighted by Crippen LogP contribution is 2.21. The van der Waals surface area contributed by atoms with E-state index >= 15 is 0 Å². The molecule has 1 aromatic carbocycles. The molecule has 6 heteroatoms. The maximum Gasteiger partial charge on any atom is 0.245 e. The van der Waals surface area contributed by atoms with Crippen LogP contribution in [0.5, 0.6) is 0 Å². The number of carbonyl (C=O) groups is 1. The minimum Gasteiger partial charge on any atom is -0.310 e. The smallest absolute Gasteiger partial charge is 0.245 e. The number of aryl methyl sites for hydroxylation is 1. The number of nitrogens with zero attached hydrogens (tertiary/aromatic N) is 4. The molecular weight excluding hydrogens is 290 g/mol. The fraction of sp³-hybridized carbons (Fsp3) is 0.529. The van der Waals surface area contributed by atoms with Crippen molar-refractivity contribution < 1.29 is 4.79 Å². The zero-order valence-corrected chi connectivity index (χ0v) is 13.5. The average Bonchev–Trinajstić information content (AvgIpc) is 2.72. The molecule has 3 saturated heterocycles. The third-order valence-corrected chi connectivity index (χ3v) is 5.00. The molecule has 122 valence electrons. The van der Waals surface area contributed by atoms with Crippen molar-refractivity contribution in [1.29, 1.82) is 0 Å². The first kappa shape index (κ1) is 14.7. The lowest BCUT2D eigenvalue weighted by Gasteiger charge is -2.36. The van der Waals surface area contributed by atoms with Crippen LogP contribution in [-0.4, -0.2) is 64.0 Å². The Hall–Kier alpha value is -1.92. The summed E-state index contributed by atoms with van der Waals surface area (Å²) in [6, 6.07) is 7.95. The number of fused-ring (bicyclic) bond motifs is 5. The molecule has 4 heterocycles. The van der Waals surface area contributed by atoms with E-state index < -0.39 is 0 Å². The van der Waals surface area contributed by atoms with Crippen LogP contribution in [0.1, 0.15) is 13.3 Å². The van der Waals surface area contributed by atoms with Gasteiger partial charge in [0, 0.05) is 32.7 Å². The highest BCUT2D eigenvalue weighted by Gasteiger charge is 2.34. The van der Waals surface area contributed by atoms with Gasteiger partial charge in [0.1, 0.15) is 6.04 Å². The van der Waals surface area contributed by atoms with Crippen LogP contribution in [0.15, 0.2) is 24.3 Å². The van der Waals surface area contributed by atoms with Crippen molar-refractivity contribution in [1.82, 2.24) is 19.4 Å². The van der Waals surface area contributed by atoms with Crippen LogP contribution >= 0.6 is 0 Å². The van der Waals surface area contributed by atoms with Crippen molar-refractivity contribution in [2.45, 2.75) is 25.9 Å². The van der Waals surface area contributed by atoms with Crippen molar-refractivity contribution in [2.24, 2.45) is 0 Å². The van der Waals surface area contributed by atoms with Crippen LogP contribution in [0.4, 0.5) is 5.95 Å². The molecule has 3 aliphatic heterocycles. The number of para-hydroxylation sites is 2. The highest BCUT2D eigenvalue weighted by molar-refractivity contribution is 5.95. The summed E-state index contributed by atoms with van der Waals surface area (Å²) in [5.41, 5.74) is 1.99. The molecule has 1 amide bonds. The summed E-state index contributed by atoms with van der Waals surface area (Å²) in [7, 11) is 0. The number of benzene rings is 1. The summed E-state index contributed by atoms with van der Waals surface area (Å²) in [4.78, 5) is 22.1. The standard InChI is InChI=1S/C17H23N5O/c1-2-22-14-7-4-3-6-13(14)18-17(22)19-16(23)15-12-20-8-5-9-21(15)11-10-20/h3-4,6-7,15H,2,5,8-12H2,1H3,(H,18,19,23)/t15-/m0/s1. The van der Waals surface area contributed by atoms with Crippen LogP contribution in [0.25, 0.3) is 11.0 Å². The number of piperazine rings is 1. The topological polar surface area (TPSA) is 53.4 Å². The lowest BCUT2D eigenvalue weighted by atomic mass is 10.2. The predicted molar refractivity (Wildman–Crippen MR) is 90.5 cm³/mol. The summed E-state index contributed by atoms with van der Waals surface area (Å²) >= 11 is 0. The summed E-state index contributed by atoms with van der Waals surface area (Å²) < 4.78 is 2.07. The van der Waals surface area contributed by atoms with Crippen LogP contribution in [-0.2, 0) is 11.3 Å². The van der Waals surface area contributed by atoms with E-state index in [1.165, 1.54) is 0 Å². The zero-order valence-electron chi connectivity index (χ0n) is 13.5. The Kier molecular flexibility index (Phi) is 3.79. The van der Waals surface area contributed by atoms with Gasteiger partial charge in [-0.1, -0.05) is 12.1 Å². The first-order chi connectivity index (χ1) is 11.3. The number of aromatic nitrogens is 2. The second-order valence-electron chi connectivity index (χ2n) is 6.36. The van der Waals surface area contributed by atoms with Crippen molar-refractivity contribution in [3.63, 3.8) is 0 Å². The average molecular weight is 313 g/mol. The Bertz CT molecular complexity index is 721. The molecule has 6 nitrogen and oxygen atoms in total. The van der Waals surface area contributed by atoms with E-state index in [1.807, 2.05) is 24.3 Å². The molecule has 5 rings (SSSR count). The molecule has 0 spiro atoms. The second kappa shape index (κ2) is 5.94. The van der Waals surface area contributed by atoms with Gasteiger partial charge in [-0.25, -0.2) is 4.98 Å². The van der Waals surface area contributed by atoms with Gasteiger partial charge in [-0.2, -0.15) is 0 Å². The zero-order chi connectivity index (χ0) is 15.8. The summed E-state index contributed by atoms with van der Waals surface area (Å²) in [5.74, 6) is 0.733. The summed E-state index contributed by atoms with van der Waals surface area (Å²) in [6.07, 6.45) is 1.15. The van der Waals surface area contributed by atoms with Crippen LogP contribution in [0, 0.1) is 0 Å². The van der Waals surface area contributed by atoms with Crippen molar-refractivity contribution >= 4 is 22.9 Å². The van der Waals surface area contributed by atoms with E-state index in [1.54, 1.807) is 0 Å². The van der Waals surface area contributed by atoms with Gasteiger partial charge in [0.2, 0.25) is 11.9 Å². The summed E-state index contributed by atoms with van der Waals surface area (Å²) in [6.45, 7) is 7.88. The lowest BCUT2D eigenvalue weighted by Crippen LogP contribution is -2.55. The van der Waals surface area contributed by atoms with Crippen molar-refractivity contribution in [2.75, 3.05) is 38.0 Å². The van der Waals surface area contributed by atoms with Crippen molar-refractivity contribution in [3.05, 3.63) is 24.3 Å².